The molecule has 0 saturated carbocycles. The van der Waals surface area contributed by atoms with Gasteiger partial charge < -0.3 is 10.4 Å². The third-order valence-corrected chi connectivity index (χ3v) is 1.74. The molecule has 80 valence electrons. The van der Waals surface area contributed by atoms with Gasteiger partial charge in [-0.25, -0.2) is 4.79 Å². The van der Waals surface area contributed by atoms with Crippen molar-refractivity contribution in [3.8, 4) is 0 Å². The maximum absolute atomic E-state index is 10.9. The predicted molar refractivity (Wildman–Crippen MR) is 53.0 cm³/mol. The van der Waals surface area contributed by atoms with Crippen molar-refractivity contribution < 1.29 is 14.7 Å². The van der Waals surface area contributed by atoms with Crippen molar-refractivity contribution in [3.05, 3.63) is 11.6 Å². The van der Waals surface area contributed by atoms with Crippen molar-refractivity contribution in [2.45, 2.75) is 6.92 Å². The highest BCUT2D eigenvalue weighted by molar-refractivity contribution is 5.85. The molecule has 0 aromatic carbocycles. The third kappa shape index (κ3) is 5.31. The van der Waals surface area contributed by atoms with E-state index in [-0.39, 0.29) is 18.0 Å². The van der Waals surface area contributed by atoms with E-state index < -0.39 is 5.97 Å². The molecule has 5 nitrogen and oxygen atoms in total. The van der Waals surface area contributed by atoms with Gasteiger partial charge in [-0.2, -0.15) is 0 Å². The predicted octanol–water partition coefficient (Wildman–Crippen LogP) is -0.305. The van der Waals surface area contributed by atoms with Gasteiger partial charge in [0.2, 0.25) is 5.91 Å². The van der Waals surface area contributed by atoms with Gasteiger partial charge in [0.25, 0.3) is 0 Å². The van der Waals surface area contributed by atoms with Crippen molar-refractivity contribution >= 4 is 11.9 Å². The average Bonchev–Trinajstić information content (AvgIpc) is 2.13. The topological polar surface area (TPSA) is 69.6 Å². The smallest absolute Gasteiger partial charge is 0.330 e. The third-order valence-electron chi connectivity index (χ3n) is 1.74. The van der Waals surface area contributed by atoms with Crippen molar-refractivity contribution in [2.24, 2.45) is 0 Å². The lowest BCUT2D eigenvalue weighted by Crippen LogP contribution is -2.33. The number of amides is 1. The highest BCUT2D eigenvalue weighted by atomic mass is 16.4. The minimum absolute atomic E-state index is 0.0890. The van der Waals surface area contributed by atoms with Crippen molar-refractivity contribution in [3.63, 3.8) is 0 Å². The van der Waals surface area contributed by atoms with Crippen LogP contribution in [-0.2, 0) is 9.59 Å². The van der Waals surface area contributed by atoms with Crippen molar-refractivity contribution in [2.75, 3.05) is 27.2 Å². The Kier molecular flexibility index (Phi) is 5.55. The Hall–Kier alpha value is -1.36. The lowest BCUT2D eigenvalue weighted by molar-refractivity contribution is -0.132. The number of aliphatic carboxylic acids is 1. The molecule has 0 atom stereocenters. The summed E-state index contributed by atoms with van der Waals surface area (Å²) in [5.41, 5.74) is 0.286. The van der Waals surface area contributed by atoms with Gasteiger partial charge in [0, 0.05) is 19.2 Å². The molecule has 2 N–H and O–H groups in total. The summed E-state index contributed by atoms with van der Waals surface area (Å²) < 4.78 is 0. The first kappa shape index (κ1) is 12.6. The molecule has 0 heterocycles. The number of nitrogens with zero attached hydrogens (tertiary/aromatic N) is 1. The zero-order valence-electron chi connectivity index (χ0n) is 8.70. The summed E-state index contributed by atoms with van der Waals surface area (Å²) in [6, 6.07) is 0. The van der Waals surface area contributed by atoms with E-state index in [4.69, 9.17) is 5.11 Å². The molecule has 0 rings (SSSR count). The van der Waals surface area contributed by atoms with Crippen LogP contribution in [0.4, 0.5) is 0 Å². The van der Waals surface area contributed by atoms with Crippen LogP contribution >= 0.6 is 0 Å². The second kappa shape index (κ2) is 6.15. The number of carbonyl (C=O) groups excluding carboxylic acids is 1. The van der Waals surface area contributed by atoms with Crippen LogP contribution in [0.15, 0.2) is 11.6 Å². The van der Waals surface area contributed by atoms with E-state index in [0.717, 1.165) is 0 Å². The zero-order valence-corrected chi connectivity index (χ0v) is 8.70. The SMILES string of the molecule is CNC(=O)CN(C)CC=C(C)C(=O)O. The number of carbonyl (C=O) groups is 2. The number of nitrogens with one attached hydrogen (secondary N) is 1. The lowest BCUT2D eigenvalue weighted by atomic mass is 10.3. The Balaban J connectivity index is 3.95. The maximum Gasteiger partial charge on any atom is 0.330 e. The number of likely N-dealkylation sites (N-methyl/N-ethyl adjacent to an activating group) is 2. The first-order valence-electron chi connectivity index (χ1n) is 4.26. The van der Waals surface area contributed by atoms with E-state index in [2.05, 4.69) is 5.32 Å². The summed E-state index contributed by atoms with van der Waals surface area (Å²) in [7, 11) is 3.31. The van der Waals surface area contributed by atoms with E-state index in [1.807, 2.05) is 0 Å². The van der Waals surface area contributed by atoms with Crippen LogP contribution < -0.4 is 5.32 Å². The van der Waals surface area contributed by atoms with Crippen molar-refractivity contribution in [1.29, 1.82) is 0 Å². The van der Waals surface area contributed by atoms with Gasteiger partial charge >= 0.3 is 5.97 Å². The molecule has 0 aliphatic carbocycles. The van der Waals surface area contributed by atoms with Crippen molar-refractivity contribution in [1.82, 2.24) is 10.2 Å². The first-order valence-corrected chi connectivity index (χ1v) is 4.26. The highest BCUT2D eigenvalue weighted by Crippen LogP contribution is 1.93. The molecular weight excluding hydrogens is 184 g/mol. The summed E-state index contributed by atoms with van der Waals surface area (Å²) in [6.45, 7) is 2.24. The highest BCUT2D eigenvalue weighted by Gasteiger charge is 2.04. The van der Waals surface area contributed by atoms with E-state index in [1.165, 1.54) is 6.92 Å². The molecule has 0 aliphatic heterocycles. The molecular formula is C9H16N2O3. The summed E-state index contributed by atoms with van der Waals surface area (Å²) in [5.74, 6) is -1.02. The quantitative estimate of drug-likeness (QED) is 0.597. The Bertz CT molecular complexity index is 248. The Labute approximate surface area is 83.4 Å². The van der Waals surface area contributed by atoms with E-state index in [0.29, 0.717) is 6.54 Å². The van der Waals surface area contributed by atoms with Gasteiger partial charge in [0.05, 0.1) is 6.54 Å². The second-order valence-corrected chi connectivity index (χ2v) is 3.06. The average molecular weight is 200 g/mol. The fourth-order valence-corrected chi connectivity index (χ4v) is 0.769. The summed E-state index contributed by atoms with van der Waals surface area (Å²) in [6.07, 6.45) is 1.57. The van der Waals surface area contributed by atoms with Crippen LogP contribution in [0.2, 0.25) is 0 Å². The molecule has 0 radical (unpaired) electrons. The number of hydrogen-bond donors (Lipinski definition) is 2. The molecule has 0 fully saturated rings. The summed E-state index contributed by atoms with van der Waals surface area (Å²) in [5, 5.41) is 11.0. The Morgan fingerprint density at radius 3 is 2.50 bits per heavy atom. The van der Waals surface area contributed by atoms with Gasteiger partial charge in [-0.3, -0.25) is 9.69 Å². The first-order chi connectivity index (χ1) is 6.47. The van der Waals surface area contributed by atoms with Crippen LogP contribution in [0.1, 0.15) is 6.92 Å². The van der Waals surface area contributed by atoms with Gasteiger partial charge in [-0.1, -0.05) is 6.08 Å². The second-order valence-electron chi connectivity index (χ2n) is 3.06. The maximum atomic E-state index is 10.9. The molecule has 0 unspecified atom stereocenters. The minimum atomic E-state index is -0.932. The van der Waals surface area contributed by atoms with E-state index in [9.17, 15) is 9.59 Å². The van der Waals surface area contributed by atoms with E-state index >= 15 is 0 Å². The van der Waals surface area contributed by atoms with Crippen LogP contribution in [0.5, 0.6) is 0 Å². The zero-order chi connectivity index (χ0) is 11.1. The van der Waals surface area contributed by atoms with Gasteiger partial charge in [0.15, 0.2) is 0 Å². The molecule has 5 heteroatoms. The minimum Gasteiger partial charge on any atom is -0.478 e. The molecule has 14 heavy (non-hydrogen) atoms. The van der Waals surface area contributed by atoms with Gasteiger partial charge in [-0.15, -0.1) is 0 Å². The standard InChI is InChI=1S/C9H16N2O3/c1-7(9(13)14)4-5-11(3)6-8(12)10-2/h4H,5-6H2,1-3H3,(H,10,12)(H,13,14). The molecule has 0 bridgehead atoms. The number of carboxylic acids is 1. The van der Waals surface area contributed by atoms with Gasteiger partial charge in [0.1, 0.15) is 0 Å². The molecule has 1 amide bonds. The monoisotopic (exact) mass is 200 g/mol. The van der Waals surface area contributed by atoms with Crippen LogP contribution in [0, 0.1) is 0 Å². The molecule has 0 aromatic rings. The normalized spacial score (nSPS) is 11.6. The molecule has 0 spiro atoms. The number of rotatable bonds is 5. The summed E-state index contributed by atoms with van der Waals surface area (Å²) in [4.78, 5) is 23.1. The summed E-state index contributed by atoms with van der Waals surface area (Å²) >= 11 is 0. The van der Waals surface area contributed by atoms with Crippen LogP contribution in [-0.4, -0.2) is 49.1 Å². The van der Waals surface area contributed by atoms with E-state index in [1.54, 1.807) is 25.1 Å². The molecule has 0 aromatic heterocycles. The Morgan fingerprint density at radius 2 is 2.07 bits per heavy atom. The largest absolute Gasteiger partial charge is 0.478 e. The van der Waals surface area contributed by atoms with Crippen LogP contribution in [0.3, 0.4) is 0 Å². The fourth-order valence-electron chi connectivity index (χ4n) is 0.769. The lowest BCUT2D eigenvalue weighted by Gasteiger charge is -2.12. The fraction of sp³-hybridized carbons (Fsp3) is 0.556. The van der Waals surface area contributed by atoms with Gasteiger partial charge in [-0.05, 0) is 14.0 Å². The Morgan fingerprint density at radius 1 is 1.50 bits per heavy atom. The molecule has 0 aliphatic rings. The van der Waals surface area contributed by atoms with Crippen LogP contribution in [0.25, 0.3) is 0 Å². The molecule has 0 saturated heterocycles. The number of hydrogen-bond acceptors (Lipinski definition) is 3. The number of carboxylic acid groups (broad SMARTS) is 1.